The lowest BCUT2D eigenvalue weighted by Crippen LogP contribution is -1.88. The van der Waals surface area contributed by atoms with Gasteiger partial charge in [0.15, 0.2) is 6.29 Å². The Morgan fingerprint density at radius 3 is 2.79 bits per heavy atom. The second-order valence-electron chi connectivity index (χ2n) is 3.81. The quantitative estimate of drug-likeness (QED) is 0.720. The van der Waals surface area contributed by atoms with Crippen LogP contribution in [0.2, 0.25) is 0 Å². The highest BCUT2D eigenvalue weighted by Gasteiger charge is 2.07. The number of benzene rings is 1. The molecule has 1 heterocycles. The Morgan fingerprint density at radius 1 is 1.36 bits per heavy atom. The smallest absolute Gasteiger partial charge is 0.166 e. The SMILES string of the molecule is CC(C)c1cccc2cc(C=O)[nH]c12. The number of H-pyrrole nitrogens is 1. The molecule has 2 rings (SSSR count). The van der Waals surface area contributed by atoms with Gasteiger partial charge in [-0.2, -0.15) is 0 Å². The van der Waals surface area contributed by atoms with Gasteiger partial charge in [-0.05, 0) is 17.5 Å². The zero-order chi connectivity index (χ0) is 10.1. The first-order valence-corrected chi connectivity index (χ1v) is 4.79. The van der Waals surface area contributed by atoms with E-state index >= 15 is 0 Å². The average Bonchev–Trinajstić information content (AvgIpc) is 2.59. The molecule has 1 N–H and O–H groups in total. The maximum absolute atomic E-state index is 10.6. The number of aldehydes is 1. The van der Waals surface area contributed by atoms with E-state index in [1.165, 1.54) is 5.56 Å². The van der Waals surface area contributed by atoms with Crippen LogP contribution >= 0.6 is 0 Å². The fourth-order valence-corrected chi connectivity index (χ4v) is 1.75. The van der Waals surface area contributed by atoms with E-state index < -0.39 is 0 Å². The van der Waals surface area contributed by atoms with E-state index in [1.807, 2.05) is 18.2 Å². The molecule has 0 amide bonds. The van der Waals surface area contributed by atoms with Crippen molar-refractivity contribution in [2.24, 2.45) is 0 Å². The fourth-order valence-electron chi connectivity index (χ4n) is 1.75. The number of rotatable bonds is 2. The number of hydrogen-bond acceptors (Lipinski definition) is 1. The van der Waals surface area contributed by atoms with Crippen molar-refractivity contribution in [3.63, 3.8) is 0 Å². The Bertz CT molecular complexity index is 468. The van der Waals surface area contributed by atoms with Crippen molar-refractivity contribution in [2.45, 2.75) is 19.8 Å². The number of carbonyl (C=O) groups excluding carboxylic acids is 1. The number of aromatic nitrogens is 1. The zero-order valence-electron chi connectivity index (χ0n) is 8.37. The molecule has 0 atom stereocenters. The van der Waals surface area contributed by atoms with E-state index in [0.29, 0.717) is 11.6 Å². The summed E-state index contributed by atoms with van der Waals surface area (Å²) in [5.41, 5.74) is 2.99. The third kappa shape index (κ3) is 1.33. The molecule has 0 aliphatic rings. The number of aromatic amines is 1. The minimum atomic E-state index is 0.469. The van der Waals surface area contributed by atoms with Gasteiger partial charge in [0.1, 0.15) is 0 Å². The van der Waals surface area contributed by atoms with Gasteiger partial charge in [-0.3, -0.25) is 4.79 Å². The van der Waals surface area contributed by atoms with Crippen LogP contribution in [-0.4, -0.2) is 11.3 Å². The predicted molar refractivity (Wildman–Crippen MR) is 57.8 cm³/mol. The van der Waals surface area contributed by atoms with Gasteiger partial charge in [-0.15, -0.1) is 0 Å². The molecule has 0 saturated heterocycles. The van der Waals surface area contributed by atoms with E-state index in [0.717, 1.165) is 17.2 Å². The van der Waals surface area contributed by atoms with Crippen molar-refractivity contribution < 1.29 is 4.79 Å². The van der Waals surface area contributed by atoms with Crippen LogP contribution in [0, 0.1) is 0 Å². The van der Waals surface area contributed by atoms with Crippen LogP contribution in [0.4, 0.5) is 0 Å². The highest BCUT2D eigenvalue weighted by atomic mass is 16.1. The number of carbonyl (C=O) groups is 1. The molecule has 0 bridgehead atoms. The molecule has 0 saturated carbocycles. The zero-order valence-corrected chi connectivity index (χ0v) is 8.37. The molecule has 14 heavy (non-hydrogen) atoms. The van der Waals surface area contributed by atoms with Crippen molar-refractivity contribution in [1.82, 2.24) is 4.98 Å². The standard InChI is InChI=1S/C12H13NO/c1-8(2)11-5-3-4-9-6-10(7-14)13-12(9)11/h3-8,13H,1-2H3. The molecule has 2 nitrogen and oxygen atoms in total. The number of hydrogen-bond donors (Lipinski definition) is 1. The third-order valence-electron chi connectivity index (χ3n) is 2.46. The number of nitrogens with one attached hydrogen (secondary N) is 1. The molecule has 2 aromatic rings. The first-order chi connectivity index (χ1) is 6.72. The van der Waals surface area contributed by atoms with E-state index in [9.17, 15) is 4.79 Å². The summed E-state index contributed by atoms with van der Waals surface area (Å²) in [6, 6.07) is 8.02. The van der Waals surface area contributed by atoms with Crippen molar-refractivity contribution in [3.05, 3.63) is 35.5 Å². The van der Waals surface area contributed by atoms with Gasteiger partial charge < -0.3 is 4.98 Å². The molecule has 0 radical (unpaired) electrons. The molecule has 0 aliphatic heterocycles. The van der Waals surface area contributed by atoms with Crippen molar-refractivity contribution in [3.8, 4) is 0 Å². The first-order valence-electron chi connectivity index (χ1n) is 4.79. The number of fused-ring (bicyclic) bond motifs is 1. The summed E-state index contributed by atoms with van der Waals surface area (Å²) >= 11 is 0. The third-order valence-corrected chi connectivity index (χ3v) is 2.46. The Hall–Kier alpha value is -1.57. The molecular formula is C12H13NO. The second kappa shape index (κ2) is 3.29. The Kier molecular flexibility index (Phi) is 2.12. The summed E-state index contributed by atoms with van der Waals surface area (Å²) in [6.45, 7) is 4.30. The van der Waals surface area contributed by atoms with Gasteiger partial charge in [-0.25, -0.2) is 0 Å². The average molecular weight is 187 g/mol. The lowest BCUT2D eigenvalue weighted by Gasteiger charge is -2.05. The van der Waals surface area contributed by atoms with Crippen LogP contribution in [0.25, 0.3) is 10.9 Å². The van der Waals surface area contributed by atoms with Crippen LogP contribution in [0.1, 0.15) is 35.8 Å². The molecule has 0 spiro atoms. The normalized spacial score (nSPS) is 11.1. The molecule has 0 aliphatic carbocycles. The maximum atomic E-state index is 10.6. The molecule has 0 unspecified atom stereocenters. The summed E-state index contributed by atoms with van der Waals surface area (Å²) in [4.78, 5) is 13.8. The Labute approximate surface area is 82.9 Å². The molecule has 2 heteroatoms. The Morgan fingerprint density at radius 2 is 2.14 bits per heavy atom. The number of para-hydroxylation sites is 1. The summed E-state index contributed by atoms with van der Waals surface area (Å²) in [6.07, 6.45) is 0.851. The van der Waals surface area contributed by atoms with Crippen LogP contribution < -0.4 is 0 Å². The molecule has 1 aromatic heterocycles. The monoisotopic (exact) mass is 187 g/mol. The van der Waals surface area contributed by atoms with E-state index in [1.54, 1.807) is 0 Å². The molecule has 72 valence electrons. The van der Waals surface area contributed by atoms with Crippen molar-refractivity contribution >= 4 is 17.2 Å². The first kappa shape index (κ1) is 9.00. The van der Waals surface area contributed by atoms with E-state index in [2.05, 4.69) is 24.9 Å². The summed E-state index contributed by atoms with van der Waals surface area (Å²) < 4.78 is 0. The van der Waals surface area contributed by atoms with Gasteiger partial charge in [0.05, 0.1) is 5.69 Å². The van der Waals surface area contributed by atoms with Crippen molar-refractivity contribution in [2.75, 3.05) is 0 Å². The van der Waals surface area contributed by atoms with Crippen molar-refractivity contribution in [1.29, 1.82) is 0 Å². The van der Waals surface area contributed by atoms with Crippen LogP contribution in [0.15, 0.2) is 24.3 Å². The predicted octanol–water partition coefficient (Wildman–Crippen LogP) is 3.10. The minimum Gasteiger partial charge on any atom is -0.352 e. The molecule has 1 aromatic carbocycles. The molecular weight excluding hydrogens is 174 g/mol. The minimum absolute atomic E-state index is 0.469. The van der Waals surface area contributed by atoms with Crippen LogP contribution in [0.5, 0.6) is 0 Å². The van der Waals surface area contributed by atoms with Crippen LogP contribution in [-0.2, 0) is 0 Å². The Balaban J connectivity index is 2.72. The second-order valence-corrected chi connectivity index (χ2v) is 3.81. The lowest BCUT2D eigenvalue weighted by atomic mass is 10.0. The largest absolute Gasteiger partial charge is 0.352 e. The van der Waals surface area contributed by atoms with Gasteiger partial charge in [0.25, 0.3) is 0 Å². The highest BCUT2D eigenvalue weighted by molar-refractivity contribution is 5.90. The maximum Gasteiger partial charge on any atom is 0.166 e. The highest BCUT2D eigenvalue weighted by Crippen LogP contribution is 2.24. The topological polar surface area (TPSA) is 32.9 Å². The van der Waals surface area contributed by atoms with E-state index in [-0.39, 0.29) is 0 Å². The van der Waals surface area contributed by atoms with E-state index in [4.69, 9.17) is 0 Å². The fraction of sp³-hybridized carbons (Fsp3) is 0.250. The van der Waals surface area contributed by atoms with Crippen LogP contribution in [0.3, 0.4) is 0 Å². The molecule has 0 fully saturated rings. The van der Waals surface area contributed by atoms with Gasteiger partial charge in [0.2, 0.25) is 0 Å². The lowest BCUT2D eigenvalue weighted by molar-refractivity contribution is 0.112. The summed E-state index contributed by atoms with van der Waals surface area (Å²) in [7, 11) is 0. The van der Waals surface area contributed by atoms with Gasteiger partial charge >= 0.3 is 0 Å². The van der Waals surface area contributed by atoms with Gasteiger partial charge in [-0.1, -0.05) is 32.0 Å². The van der Waals surface area contributed by atoms with Gasteiger partial charge in [0, 0.05) is 10.9 Å². The summed E-state index contributed by atoms with van der Waals surface area (Å²) in [5.74, 6) is 0.469. The summed E-state index contributed by atoms with van der Waals surface area (Å²) in [5, 5.41) is 1.11.